The fraction of sp³-hybridized carbons (Fsp3) is 0.226. The summed E-state index contributed by atoms with van der Waals surface area (Å²) in [5, 5.41) is 0. The van der Waals surface area contributed by atoms with E-state index < -0.39 is 0 Å². The Labute approximate surface area is 188 Å². The molecule has 0 aliphatic heterocycles. The fourth-order valence-electron chi connectivity index (χ4n) is 4.71. The second kappa shape index (κ2) is 10.8. The van der Waals surface area contributed by atoms with Crippen molar-refractivity contribution in [3.63, 3.8) is 0 Å². The maximum Gasteiger partial charge on any atom is 0.0710 e. The third-order valence-electron chi connectivity index (χ3n) is 5.80. The molecule has 0 heteroatoms. The van der Waals surface area contributed by atoms with Crippen molar-refractivity contribution in [3.05, 3.63) is 132 Å². The van der Waals surface area contributed by atoms with Crippen LogP contribution in [0.5, 0.6) is 0 Å². The lowest BCUT2D eigenvalue weighted by Gasteiger charge is -2.35. The third kappa shape index (κ3) is 3.95. The Morgan fingerprint density at radius 2 is 1.19 bits per heavy atom. The minimum atomic E-state index is -0.263. The maximum absolute atomic E-state index is 2.39. The molecular formula is C31H34. The Morgan fingerprint density at radius 1 is 0.581 bits per heavy atom. The summed E-state index contributed by atoms with van der Waals surface area (Å²) in [4.78, 5) is 0. The van der Waals surface area contributed by atoms with E-state index in [9.17, 15) is 0 Å². The standard InChI is InChI=1S/C27H22.2C2H6/c1-2-6-14-21(13-5-1)27(22-15-7-3-4-8-16-22)25-19-11-9-17-23(25)24-18-10-12-20-26(24)27;2*1-2/h1-3,5,7-20H,4,6H2;2*1-2H3. The lowest BCUT2D eigenvalue weighted by molar-refractivity contribution is 0.762. The molecule has 0 aromatic heterocycles. The summed E-state index contributed by atoms with van der Waals surface area (Å²) in [7, 11) is 0. The average molecular weight is 407 g/mol. The highest BCUT2D eigenvalue weighted by molar-refractivity contribution is 5.87. The Bertz CT molecular complexity index is 1020. The summed E-state index contributed by atoms with van der Waals surface area (Å²) >= 11 is 0. The van der Waals surface area contributed by atoms with E-state index in [4.69, 9.17) is 0 Å². The van der Waals surface area contributed by atoms with Gasteiger partial charge in [-0.25, -0.2) is 0 Å². The SMILES string of the molecule is C1=CCC=CC(C2(C3=CCC=CC=C3)c3ccccc3-c3ccccc32)=C1.CC.CC. The van der Waals surface area contributed by atoms with Gasteiger partial charge >= 0.3 is 0 Å². The molecule has 2 aromatic rings. The number of fused-ring (bicyclic) bond motifs is 3. The monoisotopic (exact) mass is 406 g/mol. The van der Waals surface area contributed by atoms with E-state index in [1.807, 2.05) is 27.7 Å². The van der Waals surface area contributed by atoms with Crippen LogP contribution in [-0.4, -0.2) is 0 Å². The van der Waals surface area contributed by atoms with Crippen LogP contribution < -0.4 is 0 Å². The molecule has 0 saturated heterocycles. The van der Waals surface area contributed by atoms with E-state index in [-0.39, 0.29) is 5.41 Å². The normalized spacial score (nSPS) is 16.9. The third-order valence-corrected chi connectivity index (χ3v) is 5.80. The van der Waals surface area contributed by atoms with Gasteiger partial charge in [0.25, 0.3) is 0 Å². The van der Waals surface area contributed by atoms with Gasteiger partial charge in [0.1, 0.15) is 0 Å². The first-order chi connectivity index (χ1) is 15.4. The predicted octanol–water partition coefficient (Wildman–Crippen LogP) is 8.89. The molecular weight excluding hydrogens is 372 g/mol. The molecule has 2 aromatic carbocycles. The van der Waals surface area contributed by atoms with Crippen LogP contribution in [0.1, 0.15) is 51.7 Å². The molecule has 0 fully saturated rings. The zero-order valence-electron chi connectivity index (χ0n) is 19.3. The van der Waals surface area contributed by atoms with Gasteiger partial charge in [-0.1, -0.05) is 137 Å². The Hall–Kier alpha value is -3.12. The van der Waals surface area contributed by atoms with Crippen molar-refractivity contribution >= 4 is 0 Å². The van der Waals surface area contributed by atoms with Gasteiger partial charge in [0.05, 0.1) is 5.41 Å². The minimum Gasteiger partial charge on any atom is -0.0807 e. The molecule has 0 nitrogen and oxygen atoms in total. The highest BCUT2D eigenvalue weighted by atomic mass is 14.5. The lowest BCUT2D eigenvalue weighted by atomic mass is 9.66. The van der Waals surface area contributed by atoms with Crippen LogP contribution in [0.2, 0.25) is 0 Å². The van der Waals surface area contributed by atoms with Crippen molar-refractivity contribution in [1.29, 1.82) is 0 Å². The van der Waals surface area contributed by atoms with Crippen LogP contribution in [0.4, 0.5) is 0 Å². The average Bonchev–Trinajstić information content (AvgIpc) is 3.14. The highest BCUT2D eigenvalue weighted by Gasteiger charge is 2.46. The van der Waals surface area contributed by atoms with Gasteiger partial charge in [-0.05, 0) is 46.2 Å². The molecule has 3 aliphatic rings. The van der Waals surface area contributed by atoms with Crippen molar-refractivity contribution in [2.24, 2.45) is 0 Å². The van der Waals surface area contributed by atoms with Crippen LogP contribution >= 0.6 is 0 Å². The molecule has 0 N–H and O–H groups in total. The van der Waals surface area contributed by atoms with E-state index in [1.54, 1.807) is 0 Å². The summed E-state index contributed by atoms with van der Waals surface area (Å²) in [6, 6.07) is 17.8. The zero-order chi connectivity index (χ0) is 22.1. The smallest absolute Gasteiger partial charge is 0.0710 e. The van der Waals surface area contributed by atoms with Gasteiger partial charge in [-0.3, -0.25) is 0 Å². The molecule has 0 bridgehead atoms. The molecule has 3 aliphatic carbocycles. The molecule has 0 radical (unpaired) electrons. The van der Waals surface area contributed by atoms with Gasteiger partial charge in [-0.2, -0.15) is 0 Å². The Morgan fingerprint density at radius 3 is 1.87 bits per heavy atom. The van der Waals surface area contributed by atoms with Crippen LogP contribution in [0.25, 0.3) is 11.1 Å². The number of benzene rings is 2. The van der Waals surface area contributed by atoms with Gasteiger partial charge < -0.3 is 0 Å². The summed E-state index contributed by atoms with van der Waals surface area (Å²) in [6.45, 7) is 8.00. The first kappa shape index (κ1) is 22.6. The number of allylic oxidation sites excluding steroid dienone is 12. The maximum atomic E-state index is 2.39. The van der Waals surface area contributed by atoms with Crippen molar-refractivity contribution in [3.8, 4) is 11.1 Å². The number of rotatable bonds is 2. The van der Waals surface area contributed by atoms with Crippen molar-refractivity contribution in [2.45, 2.75) is 46.0 Å². The first-order valence-electron chi connectivity index (χ1n) is 11.7. The van der Waals surface area contributed by atoms with Gasteiger partial charge in [0, 0.05) is 0 Å². The van der Waals surface area contributed by atoms with E-state index in [0.717, 1.165) is 12.8 Å². The summed E-state index contributed by atoms with van der Waals surface area (Å²) in [5.74, 6) is 0. The molecule has 158 valence electrons. The quantitative estimate of drug-likeness (QED) is 0.467. The molecule has 0 saturated carbocycles. The summed E-state index contributed by atoms with van der Waals surface area (Å²) in [5.41, 5.74) is 7.90. The number of hydrogen-bond donors (Lipinski definition) is 0. The van der Waals surface area contributed by atoms with Crippen molar-refractivity contribution in [1.82, 2.24) is 0 Å². The van der Waals surface area contributed by atoms with E-state index >= 15 is 0 Å². The lowest BCUT2D eigenvalue weighted by Crippen LogP contribution is -2.29. The van der Waals surface area contributed by atoms with E-state index in [0.29, 0.717) is 0 Å². The minimum absolute atomic E-state index is 0.263. The summed E-state index contributed by atoms with van der Waals surface area (Å²) < 4.78 is 0. The molecule has 0 amide bonds. The van der Waals surface area contributed by atoms with E-state index in [1.165, 1.54) is 33.4 Å². The Kier molecular flexibility index (Phi) is 7.84. The second-order valence-electron chi connectivity index (χ2n) is 7.21. The molecule has 31 heavy (non-hydrogen) atoms. The van der Waals surface area contributed by atoms with Crippen molar-refractivity contribution < 1.29 is 0 Å². The van der Waals surface area contributed by atoms with Gasteiger partial charge in [0.15, 0.2) is 0 Å². The molecule has 5 rings (SSSR count). The molecule has 0 unspecified atom stereocenters. The van der Waals surface area contributed by atoms with Crippen molar-refractivity contribution in [2.75, 3.05) is 0 Å². The zero-order valence-corrected chi connectivity index (χ0v) is 19.3. The van der Waals surface area contributed by atoms with Crippen LogP contribution in [0.3, 0.4) is 0 Å². The molecule has 0 heterocycles. The molecule has 0 spiro atoms. The predicted molar refractivity (Wildman–Crippen MR) is 137 cm³/mol. The van der Waals surface area contributed by atoms with Gasteiger partial charge in [-0.15, -0.1) is 0 Å². The summed E-state index contributed by atoms with van der Waals surface area (Å²) in [6.07, 6.45) is 24.5. The van der Waals surface area contributed by atoms with Gasteiger partial charge in [0.2, 0.25) is 0 Å². The van der Waals surface area contributed by atoms with E-state index in [2.05, 4.69) is 109 Å². The first-order valence-corrected chi connectivity index (χ1v) is 11.7. The number of hydrogen-bond acceptors (Lipinski definition) is 0. The fourth-order valence-corrected chi connectivity index (χ4v) is 4.71. The topological polar surface area (TPSA) is 0 Å². The van der Waals surface area contributed by atoms with Crippen LogP contribution in [0, 0.1) is 0 Å². The second-order valence-corrected chi connectivity index (χ2v) is 7.21. The molecule has 0 atom stereocenters. The highest BCUT2D eigenvalue weighted by Crippen LogP contribution is 2.57. The Balaban J connectivity index is 0.000000645. The van der Waals surface area contributed by atoms with Crippen LogP contribution in [0.15, 0.2) is 120 Å². The van der Waals surface area contributed by atoms with Crippen LogP contribution in [-0.2, 0) is 5.41 Å². The largest absolute Gasteiger partial charge is 0.0807 e.